The van der Waals surface area contributed by atoms with Gasteiger partial charge in [-0.3, -0.25) is 0 Å². The molecule has 4 nitrogen and oxygen atoms in total. The number of benzene rings is 2. The summed E-state index contributed by atoms with van der Waals surface area (Å²) in [6, 6.07) is 12.3. The number of hydrogen-bond donors (Lipinski definition) is 1. The molecule has 0 amide bonds. The van der Waals surface area contributed by atoms with Crippen LogP contribution in [0, 0.1) is 12.7 Å². The second kappa shape index (κ2) is 7.37. The number of phenolic OH excluding ortho intramolecular Hbond substituents is 1. The second-order valence-corrected chi connectivity index (χ2v) is 10.2. The molecule has 0 bridgehead atoms. The predicted octanol–water partition coefficient (Wildman–Crippen LogP) is 4.00. The Balaban J connectivity index is 1.66. The molecule has 2 aromatic carbocycles. The zero-order valence-electron chi connectivity index (χ0n) is 14.7. The Hall–Kier alpha value is -2.30. The molecule has 7 heteroatoms. The molecule has 1 radical (unpaired) electrons. The van der Waals surface area contributed by atoms with Crippen LogP contribution in [-0.2, 0) is 0 Å². The van der Waals surface area contributed by atoms with Crippen molar-refractivity contribution in [3.8, 4) is 17.0 Å². The van der Waals surface area contributed by atoms with Gasteiger partial charge >= 0.3 is 167 Å². The van der Waals surface area contributed by atoms with Crippen LogP contribution >= 0.6 is 11.3 Å². The van der Waals surface area contributed by atoms with Gasteiger partial charge in [0.25, 0.3) is 0 Å². The summed E-state index contributed by atoms with van der Waals surface area (Å²) in [5.41, 5.74) is 5.23. The number of thiazole rings is 1. The maximum atomic E-state index is 14.1. The van der Waals surface area contributed by atoms with Crippen molar-refractivity contribution in [1.29, 1.82) is 0 Å². The number of rotatable bonds is 4. The molecule has 4 rings (SSSR count). The third-order valence-electron chi connectivity index (χ3n) is 4.21. The van der Waals surface area contributed by atoms with E-state index in [-0.39, 0.29) is 16.3 Å². The third kappa shape index (κ3) is 3.87. The Morgan fingerprint density at radius 3 is 2.81 bits per heavy atom. The van der Waals surface area contributed by atoms with Crippen LogP contribution in [-0.4, -0.2) is 35.8 Å². The Bertz CT molecular complexity index is 1130. The van der Waals surface area contributed by atoms with Crippen molar-refractivity contribution in [1.82, 2.24) is 15.0 Å². The summed E-state index contributed by atoms with van der Waals surface area (Å²) in [6.45, 7) is 3.84. The molecule has 0 spiro atoms. The number of aromatic nitrogens is 3. The second-order valence-electron chi connectivity index (χ2n) is 6.20. The predicted molar refractivity (Wildman–Crippen MR) is 107 cm³/mol. The first-order valence-electron chi connectivity index (χ1n) is 8.38. The molecule has 0 aliphatic carbocycles. The van der Waals surface area contributed by atoms with Crippen molar-refractivity contribution in [3.63, 3.8) is 0 Å². The van der Waals surface area contributed by atoms with Crippen molar-refractivity contribution in [2.24, 2.45) is 0 Å². The molecule has 2 aromatic heterocycles. The molecule has 0 saturated carbocycles. The van der Waals surface area contributed by atoms with Gasteiger partial charge in [0.05, 0.1) is 0 Å². The minimum absolute atomic E-state index is 0.0283. The van der Waals surface area contributed by atoms with Crippen molar-refractivity contribution in [2.75, 3.05) is 0 Å². The van der Waals surface area contributed by atoms with E-state index in [0.717, 1.165) is 26.0 Å². The molecule has 1 atom stereocenters. The standard InChI is InChI=1S/C20H16AsFN3OS/c1-11(15-8-14(26)4-5-16(15)22)21-20-9-18(24-12(2)25-20)13-3-6-17-19(7-13)27-10-23-17/h3-11,26H,1-2H3. The van der Waals surface area contributed by atoms with Gasteiger partial charge in [-0.25, -0.2) is 0 Å². The molecule has 135 valence electrons. The summed E-state index contributed by atoms with van der Waals surface area (Å²) in [6.07, 6.45) is 0. The van der Waals surface area contributed by atoms with Crippen LogP contribution in [0.3, 0.4) is 0 Å². The fraction of sp³-hybridized carbons (Fsp3) is 0.150. The van der Waals surface area contributed by atoms with Crippen molar-refractivity contribution in [2.45, 2.75) is 18.6 Å². The fourth-order valence-corrected chi connectivity index (χ4v) is 5.99. The summed E-state index contributed by atoms with van der Waals surface area (Å²) in [5.74, 6) is 0.486. The van der Waals surface area contributed by atoms with Crippen LogP contribution in [0.2, 0.25) is 0 Å². The molecule has 27 heavy (non-hydrogen) atoms. The fourth-order valence-electron chi connectivity index (χ4n) is 2.90. The Morgan fingerprint density at radius 2 is 1.96 bits per heavy atom. The van der Waals surface area contributed by atoms with Crippen LogP contribution in [0.1, 0.15) is 23.0 Å². The van der Waals surface area contributed by atoms with Gasteiger partial charge in [-0.05, 0) is 0 Å². The van der Waals surface area contributed by atoms with E-state index in [1.807, 2.05) is 37.6 Å². The van der Waals surface area contributed by atoms with Crippen molar-refractivity contribution in [3.05, 3.63) is 65.2 Å². The number of aromatic hydroxyl groups is 1. The van der Waals surface area contributed by atoms with Crippen LogP contribution in [0.5, 0.6) is 5.75 Å². The van der Waals surface area contributed by atoms with E-state index in [1.54, 1.807) is 11.3 Å². The van der Waals surface area contributed by atoms with Gasteiger partial charge in [-0.1, -0.05) is 0 Å². The number of halogens is 1. The average Bonchev–Trinajstić information content (AvgIpc) is 3.11. The monoisotopic (exact) mass is 440 g/mol. The quantitative estimate of drug-likeness (QED) is 0.488. The zero-order valence-corrected chi connectivity index (χ0v) is 17.4. The van der Waals surface area contributed by atoms with Crippen LogP contribution in [0.15, 0.2) is 48.0 Å². The molecule has 0 aliphatic rings. The van der Waals surface area contributed by atoms with E-state index in [0.29, 0.717) is 11.4 Å². The van der Waals surface area contributed by atoms with E-state index in [9.17, 15) is 9.50 Å². The molecule has 4 aromatic rings. The number of nitrogens with zero attached hydrogens (tertiary/aromatic N) is 3. The van der Waals surface area contributed by atoms with E-state index < -0.39 is 15.8 Å². The van der Waals surface area contributed by atoms with Gasteiger partial charge in [-0.2, -0.15) is 0 Å². The first-order valence-corrected chi connectivity index (χ1v) is 11.3. The average molecular weight is 440 g/mol. The van der Waals surface area contributed by atoms with Crippen LogP contribution in [0.25, 0.3) is 21.5 Å². The summed E-state index contributed by atoms with van der Waals surface area (Å²) < 4.78 is 16.2. The Morgan fingerprint density at radius 1 is 1.11 bits per heavy atom. The topological polar surface area (TPSA) is 58.9 Å². The van der Waals surface area contributed by atoms with E-state index in [4.69, 9.17) is 0 Å². The summed E-state index contributed by atoms with van der Waals surface area (Å²) in [4.78, 5) is 13.5. The van der Waals surface area contributed by atoms with Gasteiger partial charge in [0, 0.05) is 0 Å². The summed E-state index contributed by atoms with van der Waals surface area (Å²) in [7, 11) is 0. The molecule has 0 aliphatic heterocycles. The number of aryl methyl sites for hydroxylation is 1. The molecule has 0 fully saturated rings. The molecule has 0 saturated heterocycles. The summed E-state index contributed by atoms with van der Waals surface area (Å²) >= 11 is 1.17. The van der Waals surface area contributed by atoms with Crippen LogP contribution in [0.4, 0.5) is 4.39 Å². The molecule has 1 N–H and O–H groups in total. The first-order chi connectivity index (χ1) is 13.0. The molecule has 1 unspecified atom stereocenters. The van der Waals surface area contributed by atoms with Gasteiger partial charge < -0.3 is 0 Å². The number of fused-ring (bicyclic) bond motifs is 1. The van der Waals surface area contributed by atoms with Gasteiger partial charge in [0.2, 0.25) is 0 Å². The van der Waals surface area contributed by atoms with Gasteiger partial charge in [0.15, 0.2) is 0 Å². The summed E-state index contributed by atoms with van der Waals surface area (Å²) in [5, 5.41) is 9.67. The third-order valence-corrected chi connectivity index (χ3v) is 7.43. The van der Waals surface area contributed by atoms with E-state index in [1.165, 1.54) is 18.2 Å². The van der Waals surface area contributed by atoms with Crippen molar-refractivity contribution < 1.29 is 9.50 Å². The minimum atomic E-state index is -0.436. The van der Waals surface area contributed by atoms with Gasteiger partial charge in [0.1, 0.15) is 0 Å². The van der Waals surface area contributed by atoms with Gasteiger partial charge in [-0.15, -0.1) is 0 Å². The SMILES string of the molecule is Cc1nc([As]C(C)c2cc(O)ccc2F)cc(-c2ccc3ncsc3c2)n1. The van der Waals surface area contributed by atoms with E-state index in [2.05, 4.69) is 21.0 Å². The number of hydrogen-bond acceptors (Lipinski definition) is 5. The Labute approximate surface area is 166 Å². The van der Waals surface area contributed by atoms with Crippen LogP contribution < -0.4 is 4.48 Å². The van der Waals surface area contributed by atoms with Crippen molar-refractivity contribution >= 4 is 41.8 Å². The van der Waals surface area contributed by atoms with E-state index >= 15 is 0 Å². The zero-order chi connectivity index (χ0) is 19.0. The number of phenols is 1. The first kappa shape index (κ1) is 18.1. The molecular formula is C20H16AsFN3OS. The normalized spacial score (nSPS) is 12.9. The Kier molecular flexibility index (Phi) is 4.94. The maximum absolute atomic E-state index is 14.1. The molecular weight excluding hydrogens is 424 g/mol. The molecule has 2 heterocycles.